The van der Waals surface area contributed by atoms with Gasteiger partial charge >= 0.3 is 0 Å². The Balaban J connectivity index is 2.17. The third kappa shape index (κ3) is 1.52. The van der Waals surface area contributed by atoms with Crippen LogP contribution in [0, 0.1) is 23.7 Å². The summed E-state index contributed by atoms with van der Waals surface area (Å²) in [6.07, 6.45) is 5.17. The van der Waals surface area contributed by atoms with Crippen molar-refractivity contribution < 1.29 is 5.11 Å². The molecule has 0 spiro atoms. The molecule has 0 amide bonds. The lowest BCUT2D eigenvalue weighted by Crippen LogP contribution is -2.49. The first-order valence-corrected chi connectivity index (χ1v) is 5.72. The minimum absolute atomic E-state index is 0.384. The summed E-state index contributed by atoms with van der Waals surface area (Å²) in [6, 6.07) is 0. The molecule has 76 valence electrons. The third-order valence-corrected chi connectivity index (χ3v) is 4.55. The number of hydrogen-bond donors (Lipinski definition) is 1. The Bertz CT molecular complexity index is 193. The molecule has 0 radical (unpaired) electrons. The lowest BCUT2D eigenvalue weighted by Gasteiger charge is -2.50. The molecule has 0 saturated heterocycles. The molecule has 0 aromatic heterocycles. The Morgan fingerprint density at radius 2 is 1.77 bits per heavy atom. The maximum absolute atomic E-state index is 10.4. The van der Waals surface area contributed by atoms with Crippen LogP contribution in [0.2, 0.25) is 0 Å². The molecule has 1 heteroatoms. The summed E-state index contributed by atoms with van der Waals surface area (Å²) in [4.78, 5) is 0. The van der Waals surface area contributed by atoms with Crippen LogP contribution in [0.5, 0.6) is 0 Å². The van der Waals surface area contributed by atoms with Gasteiger partial charge < -0.3 is 5.11 Å². The molecular weight excluding hydrogens is 160 g/mol. The van der Waals surface area contributed by atoms with Crippen LogP contribution >= 0.6 is 0 Å². The topological polar surface area (TPSA) is 20.2 Å². The van der Waals surface area contributed by atoms with Crippen molar-refractivity contribution in [3.05, 3.63) is 0 Å². The summed E-state index contributed by atoms with van der Waals surface area (Å²) in [5.41, 5.74) is -0.384. The van der Waals surface area contributed by atoms with Crippen molar-refractivity contribution in [2.45, 2.75) is 52.1 Å². The summed E-state index contributed by atoms with van der Waals surface area (Å²) in [7, 11) is 0. The number of rotatable bonds is 0. The van der Waals surface area contributed by atoms with Gasteiger partial charge in [0.1, 0.15) is 0 Å². The first kappa shape index (κ1) is 9.51. The standard InChI is InChI=1S/C12H22O/c1-8-4-10-6-9(2)12(3,13)11(5-8)7-10/h8-11,13H,4-7H2,1-3H3. The fourth-order valence-electron chi connectivity index (χ4n) is 3.56. The molecule has 0 aliphatic heterocycles. The molecule has 1 nitrogen and oxygen atoms in total. The molecule has 2 rings (SSSR count). The Morgan fingerprint density at radius 1 is 1.08 bits per heavy atom. The second kappa shape index (κ2) is 2.98. The predicted octanol–water partition coefficient (Wildman–Crippen LogP) is 2.83. The molecule has 0 aromatic rings. The van der Waals surface area contributed by atoms with Gasteiger partial charge in [-0.15, -0.1) is 0 Å². The number of hydrogen-bond acceptors (Lipinski definition) is 1. The summed E-state index contributed by atoms with van der Waals surface area (Å²) in [6.45, 7) is 6.61. The Labute approximate surface area is 81.5 Å². The molecule has 2 bridgehead atoms. The van der Waals surface area contributed by atoms with E-state index in [0.29, 0.717) is 11.8 Å². The highest BCUT2D eigenvalue weighted by atomic mass is 16.3. The SMILES string of the molecule is CC1CC2CC(C)C(C)(O)C(C1)C2. The van der Waals surface area contributed by atoms with E-state index < -0.39 is 0 Å². The minimum Gasteiger partial charge on any atom is -0.390 e. The fraction of sp³-hybridized carbons (Fsp3) is 1.00. The maximum atomic E-state index is 10.4. The largest absolute Gasteiger partial charge is 0.390 e. The molecule has 2 fully saturated rings. The monoisotopic (exact) mass is 182 g/mol. The third-order valence-electron chi connectivity index (χ3n) is 4.55. The Hall–Kier alpha value is -0.0400. The van der Waals surface area contributed by atoms with Crippen LogP contribution in [0.1, 0.15) is 46.5 Å². The zero-order chi connectivity index (χ0) is 9.64. The van der Waals surface area contributed by atoms with E-state index >= 15 is 0 Å². The van der Waals surface area contributed by atoms with Crippen LogP contribution in [0.4, 0.5) is 0 Å². The maximum Gasteiger partial charge on any atom is 0.0673 e. The average Bonchev–Trinajstić information content (AvgIpc) is 2.00. The van der Waals surface area contributed by atoms with E-state index in [-0.39, 0.29) is 5.60 Å². The van der Waals surface area contributed by atoms with Gasteiger partial charge in [0, 0.05) is 0 Å². The molecule has 1 N–H and O–H groups in total. The lowest BCUT2D eigenvalue weighted by atomic mass is 9.58. The fourth-order valence-corrected chi connectivity index (χ4v) is 3.56. The molecule has 2 saturated carbocycles. The summed E-state index contributed by atoms with van der Waals surface area (Å²) in [5.74, 6) is 2.82. The van der Waals surface area contributed by atoms with Crippen LogP contribution in [0.3, 0.4) is 0 Å². The molecule has 5 atom stereocenters. The van der Waals surface area contributed by atoms with Crippen molar-refractivity contribution in [2.24, 2.45) is 23.7 Å². The van der Waals surface area contributed by atoms with Gasteiger partial charge in [-0.05, 0) is 56.3 Å². The summed E-state index contributed by atoms with van der Waals surface area (Å²) < 4.78 is 0. The zero-order valence-corrected chi connectivity index (χ0v) is 9.09. The molecule has 2 aliphatic rings. The molecule has 5 unspecified atom stereocenters. The Kier molecular flexibility index (Phi) is 2.18. The van der Waals surface area contributed by atoms with E-state index in [1.807, 2.05) is 0 Å². The smallest absolute Gasteiger partial charge is 0.0673 e. The molecular formula is C12H22O. The van der Waals surface area contributed by atoms with Crippen molar-refractivity contribution in [2.75, 3.05) is 0 Å². The highest BCUT2D eigenvalue weighted by molar-refractivity contribution is 4.97. The van der Waals surface area contributed by atoms with Crippen molar-refractivity contribution in [3.63, 3.8) is 0 Å². The molecule has 0 aromatic carbocycles. The van der Waals surface area contributed by atoms with Crippen LogP contribution in [0.15, 0.2) is 0 Å². The quantitative estimate of drug-likeness (QED) is 0.611. The minimum atomic E-state index is -0.384. The highest BCUT2D eigenvalue weighted by Crippen LogP contribution is 2.49. The first-order valence-electron chi connectivity index (χ1n) is 5.72. The second-order valence-corrected chi connectivity index (χ2v) is 5.74. The van der Waals surface area contributed by atoms with E-state index in [2.05, 4.69) is 20.8 Å². The van der Waals surface area contributed by atoms with Crippen LogP contribution in [-0.4, -0.2) is 10.7 Å². The summed E-state index contributed by atoms with van der Waals surface area (Å²) in [5, 5.41) is 10.4. The zero-order valence-electron chi connectivity index (χ0n) is 9.09. The van der Waals surface area contributed by atoms with Gasteiger partial charge in [-0.1, -0.05) is 13.8 Å². The normalized spacial score (nSPS) is 56.3. The van der Waals surface area contributed by atoms with E-state index in [9.17, 15) is 5.11 Å². The van der Waals surface area contributed by atoms with Gasteiger partial charge in [-0.25, -0.2) is 0 Å². The Morgan fingerprint density at radius 3 is 2.46 bits per heavy atom. The van der Waals surface area contributed by atoms with E-state index in [1.165, 1.54) is 25.7 Å². The second-order valence-electron chi connectivity index (χ2n) is 5.74. The van der Waals surface area contributed by atoms with Crippen LogP contribution in [-0.2, 0) is 0 Å². The first-order chi connectivity index (χ1) is 6.00. The van der Waals surface area contributed by atoms with Crippen LogP contribution in [0.25, 0.3) is 0 Å². The number of fused-ring (bicyclic) bond motifs is 2. The van der Waals surface area contributed by atoms with E-state index in [1.54, 1.807) is 0 Å². The van der Waals surface area contributed by atoms with E-state index in [0.717, 1.165) is 11.8 Å². The van der Waals surface area contributed by atoms with Gasteiger partial charge in [0.25, 0.3) is 0 Å². The summed E-state index contributed by atoms with van der Waals surface area (Å²) >= 11 is 0. The average molecular weight is 182 g/mol. The number of aliphatic hydroxyl groups is 1. The molecule has 2 aliphatic carbocycles. The van der Waals surface area contributed by atoms with Crippen molar-refractivity contribution in [1.82, 2.24) is 0 Å². The van der Waals surface area contributed by atoms with Gasteiger partial charge in [-0.2, -0.15) is 0 Å². The van der Waals surface area contributed by atoms with Gasteiger partial charge in [0.2, 0.25) is 0 Å². The van der Waals surface area contributed by atoms with Crippen LogP contribution < -0.4 is 0 Å². The van der Waals surface area contributed by atoms with Gasteiger partial charge in [0.05, 0.1) is 5.60 Å². The van der Waals surface area contributed by atoms with E-state index in [4.69, 9.17) is 0 Å². The van der Waals surface area contributed by atoms with Crippen molar-refractivity contribution in [1.29, 1.82) is 0 Å². The molecule has 13 heavy (non-hydrogen) atoms. The predicted molar refractivity (Wildman–Crippen MR) is 54.4 cm³/mol. The highest BCUT2D eigenvalue weighted by Gasteiger charge is 2.46. The van der Waals surface area contributed by atoms with Crippen molar-refractivity contribution in [3.8, 4) is 0 Å². The van der Waals surface area contributed by atoms with Gasteiger partial charge in [0.15, 0.2) is 0 Å². The van der Waals surface area contributed by atoms with Crippen molar-refractivity contribution >= 4 is 0 Å². The van der Waals surface area contributed by atoms with Gasteiger partial charge in [-0.3, -0.25) is 0 Å². The molecule has 0 heterocycles. The lowest BCUT2D eigenvalue weighted by molar-refractivity contribution is -0.112.